The number of nitrogens with two attached hydrogens (primary N) is 1. The molecule has 0 amide bonds. The normalized spacial score (nSPS) is 22.3. The maximum atomic E-state index is 5.69. The SMILES string of the molecule is CCC(CC(N)=S)N1CCC(CC)(CC)CC1. The maximum absolute atomic E-state index is 5.69. The van der Waals surface area contributed by atoms with Crippen molar-refractivity contribution < 1.29 is 0 Å². The molecule has 1 atom stereocenters. The molecule has 1 rings (SSSR count). The molecule has 1 heterocycles. The van der Waals surface area contributed by atoms with Gasteiger partial charge in [0, 0.05) is 12.5 Å². The molecule has 0 radical (unpaired) electrons. The van der Waals surface area contributed by atoms with Gasteiger partial charge < -0.3 is 5.73 Å². The highest BCUT2D eigenvalue weighted by Gasteiger charge is 2.33. The first-order valence-electron chi connectivity index (χ1n) is 7.09. The van der Waals surface area contributed by atoms with E-state index in [0.29, 0.717) is 16.4 Å². The van der Waals surface area contributed by atoms with Crippen molar-refractivity contribution in [2.75, 3.05) is 13.1 Å². The van der Waals surface area contributed by atoms with E-state index in [1.165, 1.54) is 38.8 Å². The van der Waals surface area contributed by atoms with Crippen LogP contribution in [0.2, 0.25) is 0 Å². The van der Waals surface area contributed by atoms with Gasteiger partial charge >= 0.3 is 0 Å². The number of thiocarbonyl (C=S) groups is 1. The van der Waals surface area contributed by atoms with Gasteiger partial charge in [0.1, 0.15) is 0 Å². The van der Waals surface area contributed by atoms with Crippen LogP contribution in [-0.4, -0.2) is 29.0 Å². The summed E-state index contributed by atoms with van der Waals surface area (Å²) in [6, 6.07) is 0.569. The number of hydrogen-bond acceptors (Lipinski definition) is 2. The topological polar surface area (TPSA) is 29.3 Å². The molecule has 17 heavy (non-hydrogen) atoms. The molecule has 0 aromatic rings. The average molecular weight is 256 g/mol. The minimum Gasteiger partial charge on any atom is -0.393 e. The van der Waals surface area contributed by atoms with Crippen molar-refractivity contribution in [3.63, 3.8) is 0 Å². The molecule has 2 nitrogen and oxygen atoms in total. The molecule has 0 saturated carbocycles. The highest BCUT2D eigenvalue weighted by Crippen LogP contribution is 2.38. The zero-order valence-electron chi connectivity index (χ0n) is 11.7. The Morgan fingerprint density at radius 2 is 1.76 bits per heavy atom. The lowest BCUT2D eigenvalue weighted by Crippen LogP contribution is -2.45. The second-order valence-electron chi connectivity index (χ2n) is 5.48. The minimum atomic E-state index is 0.569. The van der Waals surface area contributed by atoms with E-state index in [0.717, 1.165) is 12.8 Å². The first kappa shape index (κ1) is 14.9. The van der Waals surface area contributed by atoms with Crippen molar-refractivity contribution in [2.45, 2.75) is 65.3 Å². The smallest absolute Gasteiger partial charge is 0.0743 e. The second kappa shape index (κ2) is 6.69. The van der Waals surface area contributed by atoms with Gasteiger partial charge in [-0.1, -0.05) is 45.8 Å². The van der Waals surface area contributed by atoms with Crippen LogP contribution in [0.15, 0.2) is 0 Å². The van der Waals surface area contributed by atoms with Crippen LogP contribution in [0.4, 0.5) is 0 Å². The quantitative estimate of drug-likeness (QED) is 0.739. The molecule has 1 unspecified atom stereocenters. The first-order chi connectivity index (χ1) is 8.06. The van der Waals surface area contributed by atoms with Gasteiger partial charge in [0.25, 0.3) is 0 Å². The lowest BCUT2D eigenvalue weighted by molar-refractivity contribution is 0.0667. The Morgan fingerprint density at radius 1 is 1.24 bits per heavy atom. The van der Waals surface area contributed by atoms with E-state index in [9.17, 15) is 0 Å². The summed E-state index contributed by atoms with van der Waals surface area (Å²) in [7, 11) is 0. The van der Waals surface area contributed by atoms with E-state index in [-0.39, 0.29) is 0 Å². The van der Waals surface area contributed by atoms with E-state index in [1.807, 2.05) is 0 Å². The lowest BCUT2D eigenvalue weighted by Gasteiger charge is -2.43. The van der Waals surface area contributed by atoms with Crippen LogP contribution in [0.25, 0.3) is 0 Å². The fourth-order valence-corrected chi connectivity index (χ4v) is 3.28. The lowest BCUT2D eigenvalue weighted by atomic mass is 9.74. The van der Waals surface area contributed by atoms with Gasteiger partial charge in [0.2, 0.25) is 0 Å². The fraction of sp³-hybridized carbons (Fsp3) is 0.929. The van der Waals surface area contributed by atoms with Crippen LogP contribution >= 0.6 is 12.2 Å². The number of rotatable bonds is 6. The number of piperidine rings is 1. The molecule has 1 aliphatic rings. The summed E-state index contributed by atoms with van der Waals surface area (Å²) in [4.78, 5) is 3.27. The molecule has 0 aromatic carbocycles. The van der Waals surface area contributed by atoms with Gasteiger partial charge in [-0.05, 0) is 37.8 Å². The zero-order valence-corrected chi connectivity index (χ0v) is 12.5. The van der Waals surface area contributed by atoms with E-state index in [4.69, 9.17) is 18.0 Å². The van der Waals surface area contributed by atoms with Gasteiger partial charge in [-0.15, -0.1) is 0 Å². The average Bonchev–Trinajstić information content (AvgIpc) is 2.36. The molecule has 0 aliphatic carbocycles. The monoisotopic (exact) mass is 256 g/mol. The van der Waals surface area contributed by atoms with Gasteiger partial charge in [0.15, 0.2) is 0 Å². The van der Waals surface area contributed by atoms with Crippen LogP contribution < -0.4 is 5.73 Å². The molecule has 1 saturated heterocycles. The highest BCUT2D eigenvalue weighted by molar-refractivity contribution is 7.80. The van der Waals surface area contributed by atoms with Crippen molar-refractivity contribution in [3.8, 4) is 0 Å². The molecule has 0 spiro atoms. The molecule has 2 N–H and O–H groups in total. The summed E-state index contributed by atoms with van der Waals surface area (Å²) in [5.74, 6) is 0. The summed E-state index contributed by atoms with van der Waals surface area (Å²) in [5, 5.41) is 0. The molecule has 1 aliphatic heterocycles. The van der Waals surface area contributed by atoms with Crippen molar-refractivity contribution in [1.82, 2.24) is 4.90 Å². The second-order valence-corrected chi connectivity index (χ2v) is 6.00. The Labute approximate surface area is 112 Å². The molecular formula is C14H28N2S. The van der Waals surface area contributed by atoms with Crippen molar-refractivity contribution in [1.29, 1.82) is 0 Å². The number of nitrogens with zero attached hydrogens (tertiary/aromatic N) is 1. The third kappa shape index (κ3) is 3.92. The Kier molecular flexibility index (Phi) is 5.87. The van der Waals surface area contributed by atoms with Gasteiger partial charge in [-0.25, -0.2) is 0 Å². The third-order valence-electron chi connectivity index (χ3n) is 4.78. The summed E-state index contributed by atoms with van der Waals surface area (Å²) >= 11 is 5.05. The number of likely N-dealkylation sites (tertiary alicyclic amines) is 1. The van der Waals surface area contributed by atoms with Crippen LogP contribution in [-0.2, 0) is 0 Å². The fourth-order valence-electron chi connectivity index (χ4n) is 3.08. The van der Waals surface area contributed by atoms with Gasteiger partial charge in [-0.3, -0.25) is 4.90 Å². The highest BCUT2D eigenvalue weighted by atomic mass is 32.1. The van der Waals surface area contributed by atoms with E-state index in [2.05, 4.69) is 25.7 Å². The molecule has 1 fully saturated rings. The standard InChI is InChI=1S/C14H28N2S/c1-4-12(11-13(15)17)16-9-7-14(5-2,6-3)8-10-16/h12H,4-11H2,1-3H3,(H2,15,17). The molecule has 0 aromatic heterocycles. The first-order valence-corrected chi connectivity index (χ1v) is 7.50. The minimum absolute atomic E-state index is 0.569. The summed E-state index contributed by atoms with van der Waals surface area (Å²) < 4.78 is 0. The summed E-state index contributed by atoms with van der Waals surface area (Å²) in [6.07, 6.45) is 7.37. The van der Waals surface area contributed by atoms with Crippen molar-refractivity contribution in [3.05, 3.63) is 0 Å². The van der Waals surface area contributed by atoms with Crippen LogP contribution in [0.3, 0.4) is 0 Å². The summed E-state index contributed by atoms with van der Waals surface area (Å²) in [5.41, 5.74) is 6.30. The van der Waals surface area contributed by atoms with Gasteiger partial charge in [0.05, 0.1) is 4.99 Å². The van der Waals surface area contributed by atoms with Crippen molar-refractivity contribution >= 4 is 17.2 Å². The van der Waals surface area contributed by atoms with E-state index >= 15 is 0 Å². The van der Waals surface area contributed by atoms with Crippen LogP contribution in [0.5, 0.6) is 0 Å². The largest absolute Gasteiger partial charge is 0.393 e. The Morgan fingerprint density at radius 3 is 2.12 bits per heavy atom. The maximum Gasteiger partial charge on any atom is 0.0743 e. The predicted molar refractivity (Wildman–Crippen MR) is 79.3 cm³/mol. The van der Waals surface area contributed by atoms with Gasteiger partial charge in [-0.2, -0.15) is 0 Å². The Hall–Kier alpha value is -0.150. The molecule has 0 bridgehead atoms. The summed E-state index contributed by atoms with van der Waals surface area (Å²) in [6.45, 7) is 9.37. The number of hydrogen-bond donors (Lipinski definition) is 1. The predicted octanol–water partition coefficient (Wildman–Crippen LogP) is 3.34. The Balaban J connectivity index is 2.52. The van der Waals surface area contributed by atoms with Crippen LogP contribution in [0.1, 0.15) is 59.3 Å². The van der Waals surface area contributed by atoms with E-state index in [1.54, 1.807) is 0 Å². The molecular weight excluding hydrogens is 228 g/mol. The molecule has 100 valence electrons. The zero-order chi connectivity index (χ0) is 12.9. The third-order valence-corrected chi connectivity index (χ3v) is 4.95. The van der Waals surface area contributed by atoms with E-state index < -0.39 is 0 Å². The molecule has 3 heteroatoms. The van der Waals surface area contributed by atoms with Crippen molar-refractivity contribution in [2.24, 2.45) is 11.1 Å². The Bertz CT molecular complexity index is 239. The van der Waals surface area contributed by atoms with Crippen LogP contribution in [0, 0.1) is 5.41 Å².